The van der Waals surface area contributed by atoms with E-state index in [4.69, 9.17) is 0 Å². The maximum Gasteiger partial charge on any atom is 0.257 e. The summed E-state index contributed by atoms with van der Waals surface area (Å²) in [7, 11) is 0. The lowest BCUT2D eigenvalue weighted by Gasteiger charge is -2.22. The molecular weight excluding hydrogens is 272 g/mol. The Bertz CT molecular complexity index is 590. The molecule has 1 aliphatic heterocycles. The van der Waals surface area contributed by atoms with Crippen LogP contribution in [0.25, 0.3) is 0 Å². The van der Waals surface area contributed by atoms with E-state index in [-0.39, 0.29) is 18.0 Å². The first kappa shape index (κ1) is 13.3. The monoisotopic (exact) mass is 290 g/mol. The van der Waals surface area contributed by atoms with E-state index in [9.17, 15) is 4.79 Å². The maximum atomic E-state index is 12.6. The van der Waals surface area contributed by atoms with Crippen molar-refractivity contribution < 1.29 is 4.79 Å². The normalized spacial score (nSPS) is 18.9. The minimum absolute atomic E-state index is 0.0644. The standard InChI is InChI=1S/C14H18N4OS/c1-10(2)18-9-11(8-16-18)14(19)17-6-3-4-12(17)13-15-5-7-20-13/h5,7-10,12H,3-4,6H2,1-2H3/t12-/m0/s1. The van der Waals surface area contributed by atoms with Crippen molar-refractivity contribution in [2.45, 2.75) is 38.8 Å². The van der Waals surface area contributed by atoms with E-state index in [1.807, 2.05) is 21.2 Å². The molecular formula is C14H18N4OS. The lowest BCUT2D eigenvalue weighted by molar-refractivity contribution is 0.0735. The summed E-state index contributed by atoms with van der Waals surface area (Å²) in [5, 5.41) is 7.25. The zero-order valence-corrected chi connectivity index (χ0v) is 12.5. The summed E-state index contributed by atoms with van der Waals surface area (Å²) in [6.07, 6.45) is 7.34. The molecule has 0 N–H and O–H groups in total. The summed E-state index contributed by atoms with van der Waals surface area (Å²) in [5.41, 5.74) is 0.669. The summed E-state index contributed by atoms with van der Waals surface area (Å²) in [5.74, 6) is 0.0644. The molecule has 0 unspecified atom stereocenters. The Balaban J connectivity index is 1.82. The number of aromatic nitrogens is 3. The van der Waals surface area contributed by atoms with Crippen molar-refractivity contribution in [3.63, 3.8) is 0 Å². The number of carbonyl (C=O) groups excluding carboxylic acids is 1. The highest BCUT2D eigenvalue weighted by molar-refractivity contribution is 7.09. The van der Waals surface area contributed by atoms with Gasteiger partial charge in [0, 0.05) is 30.4 Å². The third-order valence-electron chi connectivity index (χ3n) is 3.63. The molecule has 2 aromatic heterocycles. The molecule has 1 atom stereocenters. The fraction of sp³-hybridized carbons (Fsp3) is 0.500. The fourth-order valence-corrected chi connectivity index (χ4v) is 3.35. The van der Waals surface area contributed by atoms with Crippen molar-refractivity contribution >= 4 is 17.2 Å². The Morgan fingerprint density at radius 2 is 2.35 bits per heavy atom. The molecule has 0 radical (unpaired) electrons. The number of amides is 1. The number of likely N-dealkylation sites (tertiary alicyclic amines) is 1. The lowest BCUT2D eigenvalue weighted by atomic mass is 10.2. The molecule has 0 aromatic carbocycles. The van der Waals surface area contributed by atoms with E-state index in [0.29, 0.717) is 5.56 Å². The van der Waals surface area contributed by atoms with Crippen LogP contribution in [0.3, 0.4) is 0 Å². The number of rotatable bonds is 3. The van der Waals surface area contributed by atoms with Crippen molar-refractivity contribution in [3.8, 4) is 0 Å². The molecule has 1 aliphatic rings. The van der Waals surface area contributed by atoms with Crippen molar-refractivity contribution in [1.29, 1.82) is 0 Å². The average molecular weight is 290 g/mol. The van der Waals surface area contributed by atoms with Gasteiger partial charge in [0.1, 0.15) is 5.01 Å². The Morgan fingerprint density at radius 1 is 1.50 bits per heavy atom. The van der Waals surface area contributed by atoms with Crippen molar-refractivity contribution in [2.75, 3.05) is 6.54 Å². The molecule has 6 heteroatoms. The number of thiazole rings is 1. The van der Waals surface area contributed by atoms with Crippen LogP contribution >= 0.6 is 11.3 Å². The van der Waals surface area contributed by atoms with Crippen LogP contribution in [0, 0.1) is 0 Å². The van der Waals surface area contributed by atoms with E-state index in [2.05, 4.69) is 23.9 Å². The first-order chi connectivity index (χ1) is 9.66. The van der Waals surface area contributed by atoms with Crippen molar-refractivity contribution in [1.82, 2.24) is 19.7 Å². The molecule has 5 nitrogen and oxygen atoms in total. The van der Waals surface area contributed by atoms with E-state index < -0.39 is 0 Å². The van der Waals surface area contributed by atoms with Crippen molar-refractivity contribution in [2.24, 2.45) is 0 Å². The van der Waals surface area contributed by atoms with Crippen molar-refractivity contribution in [3.05, 3.63) is 34.5 Å². The Kier molecular flexibility index (Phi) is 3.56. The molecule has 20 heavy (non-hydrogen) atoms. The zero-order chi connectivity index (χ0) is 14.1. The van der Waals surface area contributed by atoms with Crippen LogP contribution in [0.4, 0.5) is 0 Å². The fourth-order valence-electron chi connectivity index (χ4n) is 2.56. The molecule has 3 rings (SSSR count). The molecule has 3 heterocycles. The third kappa shape index (κ3) is 2.35. The number of hydrogen-bond donors (Lipinski definition) is 0. The summed E-state index contributed by atoms with van der Waals surface area (Å²) in [6.45, 7) is 4.90. The molecule has 0 spiro atoms. The predicted molar refractivity (Wildman–Crippen MR) is 77.7 cm³/mol. The van der Waals surface area contributed by atoms with Gasteiger partial charge in [0.2, 0.25) is 0 Å². The van der Waals surface area contributed by atoms with Gasteiger partial charge in [-0.1, -0.05) is 0 Å². The van der Waals surface area contributed by atoms with Gasteiger partial charge in [0.05, 0.1) is 17.8 Å². The summed E-state index contributed by atoms with van der Waals surface area (Å²) in [6, 6.07) is 0.398. The smallest absolute Gasteiger partial charge is 0.257 e. The predicted octanol–water partition coefficient (Wildman–Crippen LogP) is 2.90. The first-order valence-corrected chi connectivity index (χ1v) is 7.79. The topological polar surface area (TPSA) is 51.0 Å². The molecule has 1 fully saturated rings. The van der Waals surface area contributed by atoms with Gasteiger partial charge in [0.25, 0.3) is 5.91 Å². The zero-order valence-electron chi connectivity index (χ0n) is 11.7. The quantitative estimate of drug-likeness (QED) is 0.873. The minimum Gasteiger partial charge on any atom is -0.329 e. The van der Waals surface area contributed by atoms with Crippen LogP contribution in [0.5, 0.6) is 0 Å². The summed E-state index contributed by atoms with van der Waals surface area (Å²) >= 11 is 1.62. The second kappa shape index (κ2) is 5.36. The number of carbonyl (C=O) groups is 1. The molecule has 0 saturated carbocycles. The van der Waals surface area contributed by atoms with Gasteiger partial charge < -0.3 is 4.90 Å². The summed E-state index contributed by atoms with van der Waals surface area (Å²) < 4.78 is 1.82. The van der Waals surface area contributed by atoms with Gasteiger partial charge in [-0.2, -0.15) is 5.10 Å². The second-order valence-corrected chi connectivity index (χ2v) is 6.26. The Hall–Kier alpha value is -1.69. The first-order valence-electron chi connectivity index (χ1n) is 6.91. The molecule has 1 amide bonds. The van der Waals surface area contributed by atoms with Gasteiger partial charge in [-0.25, -0.2) is 4.98 Å². The third-order valence-corrected chi connectivity index (χ3v) is 4.50. The van der Waals surface area contributed by atoms with Gasteiger partial charge in [-0.05, 0) is 26.7 Å². The second-order valence-electron chi connectivity index (χ2n) is 5.33. The van der Waals surface area contributed by atoms with E-state index >= 15 is 0 Å². The van der Waals surface area contributed by atoms with Crippen LogP contribution in [0.15, 0.2) is 24.0 Å². The highest BCUT2D eigenvalue weighted by Crippen LogP contribution is 2.34. The largest absolute Gasteiger partial charge is 0.329 e. The van der Waals surface area contributed by atoms with E-state index in [1.54, 1.807) is 23.7 Å². The Morgan fingerprint density at radius 3 is 3.00 bits per heavy atom. The Labute approximate surface area is 122 Å². The average Bonchev–Trinajstić information content (AvgIpc) is 3.17. The minimum atomic E-state index is 0.0644. The van der Waals surface area contributed by atoms with E-state index in [1.165, 1.54) is 0 Å². The van der Waals surface area contributed by atoms with Gasteiger partial charge in [0.15, 0.2) is 0 Å². The van der Waals surface area contributed by atoms with E-state index in [0.717, 1.165) is 24.4 Å². The van der Waals surface area contributed by atoms with Gasteiger partial charge >= 0.3 is 0 Å². The molecule has 0 aliphatic carbocycles. The molecule has 106 valence electrons. The highest BCUT2D eigenvalue weighted by Gasteiger charge is 2.32. The summed E-state index contributed by atoms with van der Waals surface area (Å²) in [4.78, 5) is 18.9. The van der Waals surface area contributed by atoms with Gasteiger partial charge in [-0.3, -0.25) is 9.48 Å². The number of nitrogens with zero attached hydrogens (tertiary/aromatic N) is 4. The molecule has 2 aromatic rings. The molecule has 1 saturated heterocycles. The lowest BCUT2D eigenvalue weighted by Crippen LogP contribution is -2.30. The van der Waals surface area contributed by atoms with Gasteiger partial charge in [-0.15, -0.1) is 11.3 Å². The SMILES string of the molecule is CC(C)n1cc(C(=O)N2CCC[C@H]2c2nccs2)cn1. The highest BCUT2D eigenvalue weighted by atomic mass is 32.1. The molecule has 0 bridgehead atoms. The number of hydrogen-bond acceptors (Lipinski definition) is 4. The maximum absolute atomic E-state index is 12.6. The van der Waals surface area contributed by atoms with Crippen LogP contribution in [-0.2, 0) is 0 Å². The van der Waals surface area contributed by atoms with Crippen LogP contribution in [0.1, 0.15) is 54.1 Å². The van der Waals surface area contributed by atoms with Crippen LogP contribution in [-0.4, -0.2) is 32.1 Å². The van der Waals surface area contributed by atoms with Crippen LogP contribution < -0.4 is 0 Å². The van der Waals surface area contributed by atoms with Crippen LogP contribution in [0.2, 0.25) is 0 Å².